The number of carbonyl (C=O) groups excluding carboxylic acids is 1. The fraction of sp³-hybridized carbons (Fsp3) is 0.250. The molecule has 0 bridgehead atoms. The molecular formula is C20H15F3N4O3. The average Bonchev–Trinajstić information content (AvgIpc) is 3.36. The highest BCUT2D eigenvalue weighted by molar-refractivity contribution is 6.00. The maximum absolute atomic E-state index is 13.3. The van der Waals surface area contributed by atoms with Crippen LogP contribution in [0.2, 0.25) is 0 Å². The van der Waals surface area contributed by atoms with Crippen molar-refractivity contribution >= 4 is 11.7 Å². The maximum Gasteiger partial charge on any atom is 0.453 e. The molecule has 2 N–H and O–H groups in total. The standard InChI is InChI=1S/C20H15F3N4O3/c21-20(22,23)18-25-19-24-13-8-11(15-2-1-7-30-15)9-14(29)16(13)17(27(19)26-18)10-3-5-12(28)6-4-10/h1-7,11,17,28H,8-9H2,(H,24,25,26)/t11-,17-/m1/s1. The van der Waals surface area contributed by atoms with Crippen molar-refractivity contribution in [1.29, 1.82) is 0 Å². The highest BCUT2D eigenvalue weighted by Gasteiger charge is 2.43. The highest BCUT2D eigenvalue weighted by Crippen LogP contribution is 2.45. The molecule has 0 fully saturated rings. The zero-order valence-corrected chi connectivity index (χ0v) is 15.3. The molecule has 3 heterocycles. The molecule has 0 unspecified atom stereocenters. The van der Waals surface area contributed by atoms with Crippen molar-refractivity contribution in [1.82, 2.24) is 14.8 Å². The number of phenols is 1. The van der Waals surface area contributed by atoms with Crippen molar-refractivity contribution in [3.05, 3.63) is 71.1 Å². The van der Waals surface area contributed by atoms with Crippen LogP contribution in [0.1, 0.15) is 41.9 Å². The van der Waals surface area contributed by atoms with Gasteiger partial charge in [0.2, 0.25) is 5.95 Å². The summed E-state index contributed by atoms with van der Waals surface area (Å²) >= 11 is 0. The Morgan fingerprint density at radius 1 is 1.17 bits per heavy atom. The normalized spacial score (nSPS) is 21.2. The number of Topliss-reactive ketones (excluding diaryl/α,β-unsaturated/α-hetero) is 1. The van der Waals surface area contributed by atoms with Crippen molar-refractivity contribution < 1.29 is 27.5 Å². The lowest BCUT2D eigenvalue weighted by Crippen LogP contribution is -2.33. The first-order chi connectivity index (χ1) is 14.3. The quantitative estimate of drug-likeness (QED) is 0.656. The number of aromatic hydroxyl groups is 1. The predicted molar refractivity (Wildman–Crippen MR) is 97.6 cm³/mol. The van der Waals surface area contributed by atoms with Crippen molar-refractivity contribution in [2.24, 2.45) is 0 Å². The molecule has 1 aromatic carbocycles. The second-order valence-electron chi connectivity index (χ2n) is 7.26. The lowest BCUT2D eigenvalue weighted by molar-refractivity contribution is -0.145. The van der Waals surface area contributed by atoms with Crippen LogP contribution in [0.25, 0.3) is 0 Å². The molecule has 2 aliphatic rings. The average molecular weight is 416 g/mol. The Labute approximate surface area is 167 Å². The van der Waals surface area contributed by atoms with Crippen molar-refractivity contribution in [3.63, 3.8) is 0 Å². The van der Waals surface area contributed by atoms with Gasteiger partial charge in [0.15, 0.2) is 5.78 Å². The Morgan fingerprint density at radius 3 is 2.60 bits per heavy atom. The second kappa shape index (κ2) is 6.48. The second-order valence-corrected chi connectivity index (χ2v) is 7.26. The van der Waals surface area contributed by atoms with E-state index in [-0.39, 0.29) is 29.8 Å². The summed E-state index contributed by atoms with van der Waals surface area (Å²) in [6.07, 6.45) is -2.66. The SMILES string of the molecule is O=C1C[C@H](c2ccco2)CC2=C1[C@@H](c1ccc(O)cc1)n1nc(C(F)(F)F)nc1N2. The van der Waals surface area contributed by atoms with Gasteiger partial charge in [-0.15, -0.1) is 5.10 Å². The summed E-state index contributed by atoms with van der Waals surface area (Å²) in [5, 5.41) is 16.1. The number of ketones is 1. The molecule has 30 heavy (non-hydrogen) atoms. The van der Waals surface area contributed by atoms with Gasteiger partial charge in [0.25, 0.3) is 5.82 Å². The van der Waals surface area contributed by atoms with Gasteiger partial charge in [-0.1, -0.05) is 12.1 Å². The number of halogens is 3. The van der Waals surface area contributed by atoms with Gasteiger partial charge in [-0.2, -0.15) is 18.2 Å². The number of benzene rings is 1. The molecule has 0 saturated heterocycles. The molecule has 1 aliphatic heterocycles. The number of furan rings is 1. The van der Waals surface area contributed by atoms with Gasteiger partial charge < -0.3 is 14.8 Å². The predicted octanol–water partition coefficient (Wildman–Crippen LogP) is 4.01. The number of alkyl halides is 3. The van der Waals surface area contributed by atoms with Crippen LogP contribution in [0.5, 0.6) is 5.75 Å². The number of hydrogen-bond donors (Lipinski definition) is 2. The number of phenolic OH excluding ortho intramolecular Hbond substituents is 1. The van der Waals surface area contributed by atoms with E-state index in [1.54, 1.807) is 24.3 Å². The van der Waals surface area contributed by atoms with Gasteiger partial charge in [-0.3, -0.25) is 4.79 Å². The summed E-state index contributed by atoms with van der Waals surface area (Å²) in [5.41, 5.74) is 1.36. The molecule has 154 valence electrons. The first-order valence-electron chi connectivity index (χ1n) is 9.20. The van der Waals surface area contributed by atoms with Crippen molar-refractivity contribution in [2.45, 2.75) is 31.0 Å². The number of aromatic nitrogens is 3. The lowest BCUT2D eigenvalue weighted by atomic mass is 9.79. The van der Waals surface area contributed by atoms with Gasteiger partial charge in [-0.05, 0) is 36.2 Å². The van der Waals surface area contributed by atoms with E-state index in [9.17, 15) is 23.1 Å². The van der Waals surface area contributed by atoms with Gasteiger partial charge in [0.1, 0.15) is 17.6 Å². The summed E-state index contributed by atoms with van der Waals surface area (Å²) in [6.45, 7) is 0. The first-order valence-corrected chi connectivity index (χ1v) is 9.20. The van der Waals surface area contributed by atoms with Crippen molar-refractivity contribution in [2.75, 3.05) is 5.32 Å². The van der Waals surface area contributed by atoms with Crippen LogP contribution in [0, 0.1) is 0 Å². The maximum atomic E-state index is 13.3. The monoisotopic (exact) mass is 416 g/mol. The Morgan fingerprint density at radius 2 is 1.93 bits per heavy atom. The van der Waals surface area contributed by atoms with E-state index in [4.69, 9.17) is 4.42 Å². The van der Waals surface area contributed by atoms with E-state index in [0.29, 0.717) is 29.0 Å². The Balaban J connectivity index is 1.64. The highest BCUT2D eigenvalue weighted by atomic mass is 19.4. The van der Waals surface area contributed by atoms with Gasteiger partial charge >= 0.3 is 6.18 Å². The number of nitrogens with one attached hydrogen (secondary N) is 1. The third kappa shape index (κ3) is 2.95. The van der Waals surface area contributed by atoms with Gasteiger partial charge in [-0.25, -0.2) is 4.68 Å². The number of rotatable bonds is 2. The van der Waals surface area contributed by atoms with Crippen molar-refractivity contribution in [3.8, 4) is 5.75 Å². The van der Waals surface area contributed by atoms with Crippen LogP contribution in [0.3, 0.4) is 0 Å². The van der Waals surface area contributed by atoms with Crippen LogP contribution < -0.4 is 5.32 Å². The van der Waals surface area contributed by atoms with E-state index in [1.807, 2.05) is 0 Å². The van der Waals surface area contributed by atoms with E-state index in [1.165, 1.54) is 18.4 Å². The third-order valence-corrected chi connectivity index (χ3v) is 5.33. The number of fused-ring (bicyclic) bond motifs is 1. The molecule has 0 amide bonds. The fourth-order valence-corrected chi connectivity index (χ4v) is 4.02. The molecule has 5 rings (SSSR count). The topological polar surface area (TPSA) is 93.2 Å². The molecule has 7 nitrogen and oxygen atoms in total. The largest absolute Gasteiger partial charge is 0.508 e. The molecule has 3 aromatic rings. The van der Waals surface area contributed by atoms with Crippen LogP contribution >= 0.6 is 0 Å². The van der Waals surface area contributed by atoms with Crippen LogP contribution in [0.4, 0.5) is 19.1 Å². The molecule has 0 saturated carbocycles. The number of hydrogen-bond acceptors (Lipinski definition) is 6. The third-order valence-electron chi connectivity index (χ3n) is 5.33. The smallest absolute Gasteiger partial charge is 0.453 e. The fourth-order valence-electron chi connectivity index (χ4n) is 4.02. The van der Waals surface area contributed by atoms with Crippen LogP contribution in [-0.2, 0) is 11.0 Å². The summed E-state index contributed by atoms with van der Waals surface area (Å²) in [6, 6.07) is 8.56. The molecule has 2 aromatic heterocycles. The summed E-state index contributed by atoms with van der Waals surface area (Å²) in [5.74, 6) is -1.17. The number of allylic oxidation sites excluding steroid dienone is 2. The van der Waals surface area contributed by atoms with Gasteiger partial charge in [0, 0.05) is 23.6 Å². The minimum Gasteiger partial charge on any atom is -0.508 e. The molecular weight excluding hydrogens is 401 g/mol. The van der Waals surface area contributed by atoms with E-state index in [0.717, 1.165) is 4.68 Å². The van der Waals surface area contributed by atoms with E-state index in [2.05, 4.69) is 15.4 Å². The zero-order valence-electron chi connectivity index (χ0n) is 15.3. The van der Waals surface area contributed by atoms with Crippen LogP contribution in [-0.4, -0.2) is 25.7 Å². The molecule has 10 heteroatoms. The van der Waals surface area contributed by atoms with E-state index >= 15 is 0 Å². The van der Waals surface area contributed by atoms with Crippen LogP contribution in [0.15, 0.2) is 58.3 Å². The molecule has 1 aliphatic carbocycles. The number of carbonyl (C=O) groups is 1. The molecule has 2 atom stereocenters. The lowest BCUT2D eigenvalue weighted by Gasteiger charge is -2.34. The minimum absolute atomic E-state index is 0.00420. The first kappa shape index (κ1) is 18.5. The Hall–Kier alpha value is -3.56. The minimum atomic E-state index is -4.73. The Bertz CT molecular complexity index is 1150. The summed E-state index contributed by atoms with van der Waals surface area (Å²) in [7, 11) is 0. The molecule has 0 spiro atoms. The van der Waals surface area contributed by atoms with E-state index < -0.39 is 18.0 Å². The van der Waals surface area contributed by atoms with Gasteiger partial charge in [0.05, 0.1) is 6.26 Å². The summed E-state index contributed by atoms with van der Waals surface area (Å²) < 4.78 is 46.3. The molecule has 0 radical (unpaired) electrons. The number of nitrogens with zero attached hydrogens (tertiary/aromatic N) is 3. The zero-order chi connectivity index (χ0) is 21.0. The number of anilines is 1. The summed E-state index contributed by atoms with van der Waals surface area (Å²) in [4.78, 5) is 16.7. The Kier molecular flexibility index (Phi) is 3.99.